The number of hydrogen-bond donors (Lipinski definition) is 4. The number of anilines is 2. The van der Waals surface area contributed by atoms with E-state index in [9.17, 15) is 18.0 Å². The maximum Gasteiger partial charge on any atom is 0.416 e. The summed E-state index contributed by atoms with van der Waals surface area (Å²) in [5, 5.41) is 8.03. The molecule has 0 aliphatic carbocycles. The predicted octanol–water partition coefficient (Wildman–Crippen LogP) is 2.20. The number of nitrogens with one attached hydrogen (secondary N) is 3. The number of aliphatic imine (C=N–C) groups is 2. The maximum absolute atomic E-state index is 12.9. The molecule has 0 fully saturated rings. The first kappa shape index (κ1) is 16.9. The molecule has 138 valence electrons. The summed E-state index contributed by atoms with van der Waals surface area (Å²) in [6.45, 7) is 0. The first-order chi connectivity index (χ1) is 12.8. The highest BCUT2D eigenvalue weighted by Gasteiger charge is 2.49. The largest absolute Gasteiger partial charge is 0.416 e. The van der Waals surface area contributed by atoms with E-state index in [-0.39, 0.29) is 17.6 Å². The van der Waals surface area contributed by atoms with Crippen LogP contribution in [0.25, 0.3) is 0 Å². The van der Waals surface area contributed by atoms with E-state index in [0.717, 1.165) is 12.1 Å². The van der Waals surface area contributed by atoms with Crippen LogP contribution in [0, 0.1) is 0 Å². The number of para-hydroxylation sites is 1. The van der Waals surface area contributed by atoms with Gasteiger partial charge in [-0.2, -0.15) is 13.2 Å². The number of carbonyl (C=O) groups is 1. The number of hydrogen-bond acceptors (Lipinski definition) is 6. The molecule has 1 atom stereocenters. The summed E-state index contributed by atoms with van der Waals surface area (Å²) in [5.41, 5.74) is 4.54. The SMILES string of the molecule is NC1=N[C@@]2(N=C(Nc3cccc(C(F)(F)F)c3)N1)C(=O)Nc1ccccc12. The van der Waals surface area contributed by atoms with Crippen molar-refractivity contribution in [1.82, 2.24) is 5.32 Å². The summed E-state index contributed by atoms with van der Waals surface area (Å²) in [7, 11) is 0. The van der Waals surface area contributed by atoms with Gasteiger partial charge in [0, 0.05) is 16.9 Å². The van der Waals surface area contributed by atoms with E-state index in [1.165, 1.54) is 12.1 Å². The van der Waals surface area contributed by atoms with Gasteiger partial charge in [0.05, 0.1) is 5.56 Å². The lowest BCUT2D eigenvalue weighted by molar-refractivity contribution is -0.137. The Balaban J connectivity index is 1.72. The summed E-state index contributed by atoms with van der Waals surface area (Å²) in [6.07, 6.45) is -4.48. The van der Waals surface area contributed by atoms with Gasteiger partial charge in [0.2, 0.25) is 5.96 Å². The molecule has 7 nitrogen and oxygen atoms in total. The summed E-state index contributed by atoms with van der Waals surface area (Å²) >= 11 is 0. The minimum atomic E-state index is -4.48. The Morgan fingerprint density at radius 1 is 1.04 bits per heavy atom. The molecule has 1 spiro atoms. The van der Waals surface area contributed by atoms with E-state index in [1.807, 2.05) is 0 Å². The number of halogens is 3. The van der Waals surface area contributed by atoms with E-state index in [1.54, 1.807) is 24.3 Å². The van der Waals surface area contributed by atoms with Crippen LogP contribution in [-0.4, -0.2) is 17.8 Å². The van der Waals surface area contributed by atoms with Gasteiger partial charge in [-0.15, -0.1) is 0 Å². The van der Waals surface area contributed by atoms with Crippen LogP contribution in [0.2, 0.25) is 0 Å². The Kier molecular flexibility index (Phi) is 3.58. The molecule has 0 radical (unpaired) electrons. The zero-order chi connectivity index (χ0) is 19.2. The topological polar surface area (TPSA) is 104 Å². The minimum absolute atomic E-state index is 0.00803. The number of amides is 1. The summed E-state index contributed by atoms with van der Waals surface area (Å²) in [4.78, 5) is 21.0. The highest BCUT2D eigenvalue weighted by molar-refractivity contribution is 6.13. The zero-order valence-electron chi connectivity index (χ0n) is 13.6. The Bertz CT molecular complexity index is 1000. The number of benzene rings is 2. The van der Waals surface area contributed by atoms with E-state index < -0.39 is 23.3 Å². The molecular weight excluding hydrogens is 361 g/mol. The van der Waals surface area contributed by atoms with Gasteiger partial charge in [0.15, 0.2) is 5.96 Å². The molecule has 4 rings (SSSR count). The lowest BCUT2D eigenvalue weighted by Gasteiger charge is -2.26. The van der Waals surface area contributed by atoms with E-state index >= 15 is 0 Å². The van der Waals surface area contributed by atoms with Crippen molar-refractivity contribution in [2.24, 2.45) is 15.7 Å². The molecule has 2 aliphatic rings. The van der Waals surface area contributed by atoms with Crippen molar-refractivity contribution < 1.29 is 18.0 Å². The van der Waals surface area contributed by atoms with Crippen LogP contribution < -0.4 is 21.7 Å². The van der Waals surface area contributed by atoms with Gasteiger partial charge < -0.3 is 16.4 Å². The predicted molar refractivity (Wildman–Crippen MR) is 94.0 cm³/mol. The van der Waals surface area contributed by atoms with Crippen molar-refractivity contribution in [3.8, 4) is 0 Å². The molecule has 1 amide bonds. The first-order valence-corrected chi connectivity index (χ1v) is 7.85. The highest BCUT2D eigenvalue weighted by atomic mass is 19.4. The number of nitrogens with two attached hydrogens (primary N) is 1. The Morgan fingerprint density at radius 3 is 2.59 bits per heavy atom. The van der Waals surface area contributed by atoms with Gasteiger partial charge in [-0.3, -0.25) is 10.1 Å². The fourth-order valence-electron chi connectivity index (χ4n) is 2.96. The second kappa shape index (κ2) is 5.73. The average Bonchev–Trinajstić information content (AvgIpc) is 2.85. The van der Waals surface area contributed by atoms with Gasteiger partial charge in [-0.25, -0.2) is 9.98 Å². The Hall–Kier alpha value is -3.56. The summed E-state index contributed by atoms with van der Waals surface area (Å²) in [5.74, 6) is -0.587. The van der Waals surface area contributed by atoms with Crippen LogP contribution in [0.3, 0.4) is 0 Å². The molecule has 2 aliphatic heterocycles. The molecule has 0 bridgehead atoms. The van der Waals surface area contributed by atoms with Gasteiger partial charge in [-0.1, -0.05) is 24.3 Å². The molecule has 2 heterocycles. The smallest absolute Gasteiger partial charge is 0.370 e. The van der Waals surface area contributed by atoms with Crippen molar-refractivity contribution in [2.75, 3.05) is 10.6 Å². The zero-order valence-corrected chi connectivity index (χ0v) is 13.6. The molecular formula is C17H13F3N6O. The second-order valence-electron chi connectivity index (χ2n) is 5.96. The summed E-state index contributed by atoms with van der Waals surface area (Å²) in [6, 6.07) is 11.4. The van der Waals surface area contributed by atoms with E-state index in [2.05, 4.69) is 25.9 Å². The Morgan fingerprint density at radius 2 is 1.81 bits per heavy atom. The summed E-state index contributed by atoms with van der Waals surface area (Å²) < 4.78 is 38.7. The molecule has 0 saturated heterocycles. The van der Waals surface area contributed by atoms with Crippen molar-refractivity contribution in [3.05, 3.63) is 59.7 Å². The minimum Gasteiger partial charge on any atom is -0.370 e. The lowest BCUT2D eigenvalue weighted by Crippen LogP contribution is -2.49. The Labute approximate surface area is 151 Å². The lowest BCUT2D eigenvalue weighted by atomic mass is 10.0. The van der Waals surface area contributed by atoms with Crippen LogP contribution >= 0.6 is 0 Å². The van der Waals surface area contributed by atoms with Crippen LogP contribution in [0.15, 0.2) is 58.5 Å². The molecule has 2 aromatic rings. The standard InChI is InChI=1S/C17H13F3N6O/c18-17(19,20)9-4-3-5-10(8-9)22-15-24-14(21)25-16(26-15)11-6-1-2-7-12(11)23-13(16)27/h1-8H,(H,23,27)(H4,21,22,24,25,26)/t16-/m0/s1. The van der Waals surface area contributed by atoms with Gasteiger partial charge in [0.1, 0.15) is 0 Å². The van der Waals surface area contributed by atoms with Crippen LogP contribution in [0.1, 0.15) is 11.1 Å². The first-order valence-electron chi connectivity index (χ1n) is 7.85. The monoisotopic (exact) mass is 374 g/mol. The number of rotatable bonds is 1. The van der Waals surface area contributed by atoms with Crippen molar-refractivity contribution in [1.29, 1.82) is 0 Å². The fourth-order valence-corrected chi connectivity index (χ4v) is 2.96. The number of guanidine groups is 2. The highest BCUT2D eigenvalue weighted by Crippen LogP contribution is 2.41. The quantitative estimate of drug-likeness (QED) is 0.614. The maximum atomic E-state index is 12.9. The van der Waals surface area contributed by atoms with Gasteiger partial charge in [-0.05, 0) is 24.3 Å². The molecule has 0 unspecified atom stereocenters. The van der Waals surface area contributed by atoms with Crippen molar-refractivity contribution >= 4 is 29.2 Å². The molecule has 0 aromatic heterocycles. The number of carbonyl (C=O) groups excluding carboxylic acids is 1. The van der Waals surface area contributed by atoms with Crippen LogP contribution in [-0.2, 0) is 16.6 Å². The average molecular weight is 374 g/mol. The third-order valence-corrected chi connectivity index (χ3v) is 4.12. The number of alkyl halides is 3. The van der Waals surface area contributed by atoms with E-state index in [4.69, 9.17) is 5.73 Å². The third kappa shape index (κ3) is 2.84. The van der Waals surface area contributed by atoms with E-state index in [0.29, 0.717) is 11.3 Å². The van der Waals surface area contributed by atoms with Crippen LogP contribution in [0.4, 0.5) is 24.5 Å². The number of nitrogens with zero attached hydrogens (tertiary/aromatic N) is 2. The van der Waals surface area contributed by atoms with Crippen molar-refractivity contribution in [3.63, 3.8) is 0 Å². The van der Waals surface area contributed by atoms with Gasteiger partial charge in [0.25, 0.3) is 11.6 Å². The third-order valence-electron chi connectivity index (χ3n) is 4.12. The second-order valence-corrected chi connectivity index (χ2v) is 5.96. The van der Waals surface area contributed by atoms with Crippen LogP contribution in [0.5, 0.6) is 0 Å². The molecule has 2 aromatic carbocycles. The molecule has 0 saturated carbocycles. The molecule has 27 heavy (non-hydrogen) atoms. The van der Waals surface area contributed by atoms with Gasteiger partial charge >= 0.3 is 6.18 Å². The fraction of sp³-hybridized carbons (Fsp3) is 0.118. The molecule has 5 N–H and O–H groups in total. The molecule has 10 heteroatoms. The number of fused-ring (bicyclic) bond motifs is 2. The van der Waals surface area contributed by atoms with Crippen molar-refractivity contribution in [2.45, 2.75) is 11.8 Å². The normalized spacial score (nSPS) is 21.1.